The standard InChI is InChI=1S/C22H23N/c1-3-16(2)21-15-20(13-14-22(21)23)19-11-9-18(10-12-19)17-7-5-4-6-8-17/h5,7-15,23H,3-4,6H2,1-2H3/b21-16-,23-22?. The topological polar surface area (TPSA) is 23.9 Å². The van der Waals surface area contributed by atoms with E-state index in [-0.39, 0.29) is 0 Å². The maximum atomic E-state index is 8.10. The van der Waals surface area contributed by atoms with Crippen molar-refractivity contribution >= 4 is 16.9 Å². The molecule has 2 aliphatic carbocycles. The first-order valence-corrected chi connectivity index (χ1v) is 8.35. The summed E-state index contributed by atoms with van der Waals surface area (Å²) in [6, 6.07) is 8.76. The highest BCUT2D eigenvalue weighted by Crippen LogP contribution is 2.27. The summed E-state index contributed by atoms with van der Waals surface area (Å²) < 4.78 is 0. The van der Waals surface area contributed by atoms with E-state index < -0.39 is 0 Å². The van der Waals surface area contributed by atoms with Crippen molar-refractivity contribution in [2.45, 2.75) is 33.1 Å². The zero-order valence-corrected chi connectivity index (χ0v) is 13.9. The lowest BCUT2D eigenvalue weighted by atomic mass is 9.91. The number of nitrogens with one attached hydrogen (secondary N) is 1. The van der Waals surface area contributed by atoms with E-state index in [4.69, 9.17) is 5.41 Å². The summed E-state index contributed by atoms with van der Waals surface area (Å²) in [4.78, 5) is 0. The predicted molar refractivity (Wildman–Crippen MR) is 101 cm³/mol. The molecular formula is C22H23N. The van der Waals surface area contributed by atoms with Crippen LogP contribution in [0.25, 0.3) is 11.1 Å². The van der Waals surface area contributed by atoms with Crippen molar-refractivity contribution in [2.24, 2.45) is 0 Å². The summed E-state index contributed by atoms with van der Waals surface area (Å²) >= 11 is 0. The molecule has 0 fully saturated rings. The smallest absolute Gasteiger partial charge is 0.0612 e. The first kappa shape index (κ1) is 15.5. The van der Waals surface area contributed by atoms with Crippen molar-refractivity contribution in [1.29, 1.82) is 5.41 Å². The van der Waals surface area contributed by atoms with Gasteiger partial charge in [0.2, 0.25) is 0 Å². The Hall–Kier alpha value is -2.41. The molecule has 0 aliphatic heterocycles. The van der Waals surface area contributed by atoms with Gasteiger partial charge in [0.25, 0.3) is 0 Å². The van der Waals surface area contributed by atoms with Crippen LogP contribution in [0.5, 0.6) is 0 Å². The molecule has 3 rings (SSSR count). The lowest BCUT2D eigenvalue weighted by Crippen LogP contribution is -2.03. The molecule has 0 unspecified atom stereocenters. The highest BCUT2D eigenvalue weighted by atomic mass is 14.4. The second-order valence-electron chi connectivity index (χ2n) is 6.11. The fourth-order valence-electron chi connectivity index (χ4n) is 2.95. The summed E-state index contributed by atoms with van der Waals surface area (Å²) in [5.41, 5.74) is 7.93. The maximum Gasteiger partial charge on any atom is 0.0612 e. The maximum absolute atomic E-state index is 8.10. The second kappa shape index (κ2) is 6.78. The Balaban J connectivity index is 1.90. The summed E-state index contributed by atoms with van der Waals surface area (Å²) in [5.74, 6) is 0. The molecule has 1 heteroatoms. The van der Waals surface area contributed by atoms with Crippen LogP contribution in [-0.4, -0.2) is 5.71 Å². The summed E-state index contributed by atoms with van der Waals surface area (Å²) in [7, 11) is 0. The van der Waals surface area contributed by atoms with E-state index in [0.29, 0.717) is 5.71 Å². The van der Waals surface area contributed by atoms with Crippen LogP contribution >= 0.6 is 0 Å². The number of allylic oxidation sites excluding steroid dienone is 10. The second-order valence-corrected chi connectivity index (χ2v) is 6.11. The van der Waals surface area contributed by atoms with Crippen molar-refractivity contribution in [3.05, 3.63) is 83.0 Å². The van der Waals surface area contributed by atoms with Gasteiger partial charge in [-0.1, -0.05) is 61.1 Å². The monoisotopic (exact) mass is 301 g/mol. The highest BCUT2D eigenvalue weighted by molar-refractivity contribution is 6.13. The van der Waals surface area contributed by atoms with E-state index in [9.17, 15) is 0 Å². The Morgan fingerprint density at radius 2 is 1.65 bits per heavy atom. The van der Waals surface area contributed by atoms with Crippen molar-refractivity contribution in [1.82, 2.24) is 0 Å². The fourth-order valence-corrected chi connectivity index (χ4v) is 2.95. The van der Waals surface area contributed by atoms with Crippen molar-refractivity contribution in [3.63, 3.8) is 0 Å². The van der Waals surface area contributed by atoms with Gasteiger partial charge in [-0.15, -0.1) is 0 Å². The minimum absolute atomic E-state index is 0.613. The van der Waals surface area contributed by atoms with Gasteiger partial charge in [-0.05, 0) is 66.2 Å². The Kier molecular flexibility index (Phi) is 4.57. The van der Waals surface area contributed by atoms with Crippen molar-refractivity contribution < 1.29 is 0 Å². The third kappa shape index (κ3) is 3.34. The summed E-state index contributed by atoms with van der Waals surface area (Å²) in [6.07, 6.45) is 16.1. The number of benzene rings is 1. The molecule has 0 atom stereocenters. The molecule has 2 aliphatic rings. The molecule has 1 aromatic rings. The Morgan fingerprint density at radius 1 is 0.957 bits per heavy atom. The molecule has 1 aromatic carbocycles. The van der Waals surface area contributed by atoms with Crippen molar-refractivity contribution in [2.75, 3.05) is 0 Å². The van der Waals surface area contributed by atoms with Gasteiger partial charge in [0, 0.05) is 0 Å². The lowest BCUT2D eigenvalue weighted by Gasteiger charge is -2.14. The molecule has 1 nitrogen and oxygen atoms in total. The van der Waals surface area contributed by atoms with Gasteiger partial charge in [0.1, 0.15) is 0 Å². The predicted octanol–water partition coefficient (Wildman–Crippen LogP) is 6.12. The van der Waals surface area contributed by atoms with Gasteiger partial charge in [-0.3, -0.25) is 0 Å². The summed E-state index contributed by atoms with van der Waals surface area (Å²) in [5, 5.41) is 8.10. The van der Waals surface area contributed by atoms with E-state index in [1.54, 1.807) is 0 Å². The fraction of sp³-hybridized carbons (Fsp3) is 0.227. The highest BCUT2D eigenvalue weighted by Gasteiger charge is 2.11. The van der Waals surface area contributed by atoms with Gasteiger partial charge in [0.15, 0.2) is 0 Å². The van der Waals surface area contributed by atoms with E-state index in [1.165, 1.54) is 27.8 Å². The van der Waals surface area contributed by atoms with E-state index in [1.807, 2.05) is 12.2 Å². The summed E-state index contributed by atoms with van der Waals surface area (Å²) in [6.45, 7) is 4.25. The van der Waals surface area contributed by atoms with Crippen LogP contribution in [0.4, 0.5) is 0 Å². The van der Waals surface area contributed by atoms with Crippen LogP contribution in [0.15, 0.2) is 71.9 Å². The van der Waals surface area contributed by atoms with Gasteiger partial charge < -0.3 is 5.41 Å². The molecule has 0 bridgehead atoms. The van der Waals surface area contributed by atoms with Gasteiger partial charge in [-0.25, -0.2) is 0 Å². The average molecular weight is 301 g/mol. The van der Waals surface area contributed by atoms with Crippen LogP contribution in [0.2, 0.25) is 0 Å². The zero-order valence-electron chi connectivity index (χ0n) is 13.9. The van der Waals surface area contributed by atoms with Crippen molar-refractivity contribution in [3.8, 4) is 0 Å². The number of hydrogen-bond donors (Lipinski definition) is 1. The zero-order chi connectivity index (χ0) is 16.2. The van der Waals surface area contributed by atoms with Gasteiger partial charge in [-0.2, -0.15) is 0 Å². The van der Waals surface area contributed by atoms with Gasteiger partial charge in [0.05, 0.1) is 5.71 Å². The molecule has 0 saturated heterocycles. The molecule has 1 N–H and O–H groups in total. The number of hydrogen-bond acceptors (Lipinski definition) is 1. The van der Waals surface area contributed by atoms with Crippen LogP contribution in [-0.2, 0) is 0 Å². The third-order valence-electron chi connectivity index (χ3n) is 4.56. The molecule has 0 heterocycles. The van der Waals surface area contributed by atoms with E-state index in [0.717, 1.165) is 24.8 Å². The first-order chi connectivity index (χ1) is 11.2. The Bertz CT molecular complexity index is 765. The number of rotatable bonds is 3. The van der Waals surface area contributed by atoms with Crippen LogP contribution in [0.1, 0.15) is 44.2 Å². The molecule has 23 heavy (non-hydrogen) atoms. The normalized spacial score (nSPS) is 19.5. The quantitative estimate of drug-likeness (QED) is 0.695. The van der Waals surface area contributed by atoms with Crippen LogP contribution in [0, 0.1) is 5.41 Å². The molecule has 0 radical (unpaired) electrons. The van der Waals surface area contributed by atoms with Crippen LogP contribution in [0.3, 0.4) is 0 Å². The molecule has 0 aromatic heterocycles. The van der Waals surface area contributed by atoms with Gasteiger partial charge >= 0.3 is 0 Å². The average Bonchev–Trinajstić information content (AvgIpc) is 2.62. The van der Waals surface area contributed by atoms with E-state index in [2.05, 4.69) is 62.4 Å². The minimum atomic E-state index is 0.613. The lowest BCUT2D eigenvalue weighted by molar-refractivity contribution is 1.04. The third-order valence-corrected chi connectivity index (χ3v) is 4.56. The SMILES string of the molecule is CC/C(C)=C1/C=C(c2ccc(C3=CCCC=C3)cc2)C=CC1=N. The first-order valence-electron chi connectivity index (χ1n) is 8.35. The Labute approximate surface area is 138 Å². The molecular weight excluding hydrogens is 278 g/mol. The molecule has 0 amide bonds. The van der Waals surface area contributed by atoms with E-state index >= 15 is 0 Å². The largest absolute Gasteiger partial charge is 0.300 e. The molecule has 116 valence electrons. The van der Waals surface area contributed by atoms with Crippen LogP contribution < -0.4 is 0 Å². The Morgan fingerprint density at radius 3 is 2.26 bits per heavy atom. The molecule has 0 spiro atoms. The minimum Gasteiger partial charge on any atom is -0.300 e. The molecule has 0 saturated carbocycles.